The Morgan fingerprint density at radius 2 is 1.59 bits per heavy atom. The predicted molar refractivity (Wildman–Crippen MR) is 130 cm³/mol. The van der Waals surface area contributed by atoms with E-state index < -0.39 is 0 Å². The van der Waals surface area contributed by atoms with Crippen LogP contribution in [-0.4, -0.2) is 41.0 Å². The van der Waals surface area contributed by atoms with Crippen molar-refractivity contribution in [3.63, 3.8) is 0 Å². The van der Waals surface area contributed by atoms with Crippen LogP contribution in [0.2, 0.25) is 0 Å². The van der Waals surface area contributed by atoms with Gasteiger partial charge in [0.1, 0.15) is 5.69 Å². The van der Waals surface area contributed by atoms with Crippen molar-refractivity contribution in [1.29, 1.82) is 0 Å². The first-order valence-electron chi connectivity index (χ1n) is 11.1. The molecular formula is C26H28N4OS. The van der Waals surface area contributed by atoms with Crippen molar-refractivity contribution in [2.24, 2.45) is 0 Å². The lowest BCUT2D eigenvalue weighted by molar-refractivity contribution is 0.0340. The molecule has 1 N–H and O–H groups in total. The Kier molecular flexibility index (Phi) is 6.75. The fourth-order valence-corrected chi connectivity index (χ4v) is 4.83. The highest BCUT2D eigenvalue weighted by molar-refractivity contribution is 7.13. The molecule has 164 valence electrons. The van der Waals surface area contributed by atoms with E-state index in [4.69, 9.17) is 9.84 Å². The summed E-state index contributed by atoms with van der Waals surface area (Å²) in [7, 11) is 0. The fraction of sp³-hybridized carbons (Fsp3) is 0.269. The van der Waals surface area contributed by atoms with Gasteiger partial charge in [-0.1, -0.05) is 48.5 Å². The summed E-state index contributed by atoms with van der Waals surface area (Å²) in [4.78, 5) is 3.67. The first kappa shape index (κ1) is 21.1. The molecule has 6 heteroatoms. The summed E-state index contributed by atoms with van der Waals surface area (Å²) < 4.78 is 7.48. The molecule has 3 heterocycles. The number of para-hydroxylation sites is 1. The molecule has 0 bridgehead atoms. The van der Waals surface area contributed by atoms with Crippen molar-refractivity contribution >= 4 is 11.3 Å². The average Bonchev–Trinajstić information content (AvgIpc) is 3.52. The maximum Gasteiger partial charge on any atom is 0.107 e. The molecule has 0 saturated carbocycles. The minimum Gasteiger partial charge on any atom is -0.379 e. The molecule has 1 fully saturated rings. The van der Waals surface area contributed by atoms with Crippen molar-refractivity contribution in [2.75, 3.05) is 26.3 Å². The van der Waals surface area contributed by atoms with Gasteiger partial charge in [0.2, 0.25) is 0 Å². The zero-order valence-electron chi connectivity index (χ0n) is 18.1. The topological polar surface area (TPSA) is 42.3 Å². The van der Waals surface area contributed by atoms with E-state index in [1.165, 1.54) is 21.6 Å². The Morgan fingerprint density at radius 3 is 2.38 bits per heavy atom. The van der Waals surface area contributed by atoms with Gasteiger partial charge in [-0.2, -0.15) is 5.10 Å². The van der Waals surface area contributed by atoms with Gasteiger partial charge in [-0.15, -0.1) is 11.3 Å². The van der Waals surface area contributed by atoms with Gasteiger partial charge in [0.15, 0.2) is 0 Å². The molecule has 5 rings (SSSR count). The lowest BCUT2D eigenvalue weighted by Gasteiger charge is -2.27. The predicted octanol–water partition coefficient (Wildman–Crippen LogP) is 4.72. The second-order valence-electron chi connectivity index (χ2n) is 8.02. The Morgan fingerprint density at radius 1 is 0.844 bits per heavy atom. The molecule has 0 amide bonds. The van der Waals surface area contributed by atoms with Crippen molar-refractivity contribution in [2.45, 2.75) is 19.6 Å². The van der Waals surface area contributed by atoms with Crippen LogP contribution in [0.5, 0.6) is 0 Å². The summed E-state index contributed by atoms with van der Waals surface area (Å²) in [5.41, 5.74) is 6.08. The van der Waals surface area contributed by atoms with E-state index in [1.54, 1.807) is 11.3 Å². The van der Waals surface area contributed by atoms with Crippen LogP contribution in [0.4, 0.5) is 0 Å². The van der Waals surface area contributed by atoms with Gasteiger partial charge in [0.25, 0.3) is 0 Å². The molecule has 0 spiro atoms. The van der Waals surface area contributed by atoms with Gasteiger partial charge >= 0.3 is 0 Å². The maximum atomic E-state index is 5.50. The Balaban J connectivity index is 1.31. The van der Waals surface area contributed by atoms with Crippen LogP contribution in [0.25, 0.3) is 16.3 Å². The number of nitrogens with zero attached hydrogens (tertiary/aromatic N) is 3. The molecule has 32 heavy (non-hydrogen) atoms. The van der Waals surface area contributed by atoms with Crippen LogP contribution in [-0.2, 0) is 24.4 Å². The lowest BCUT2D eigenvalue weighted by Crippen LogP contribution is -2.36. The third-order valence-corrected chi connectivity index (χ3v) is 6.69. The summed E-state index contributed by atoms with van der Waals surface area (Å²) in [5.74, 6) is 0. The summed E-state index contributed by atoms with van der Waals surface area (Å²) in [5, 5.41) is 10.7. The largest absolute Gasteiger partial charge is 0.379 e. The molecule has 5 nitrogen and oxygen atoms in total. The number of aromatic nitrogens is 2. The van der Waals surface area contributed by atoms with Gasteiger partial charge in [0.05, 0.1) is 23.8 Å². The lowest BCUT2D eigenvalue weighted by atomic mass is 10.1. The number of thiophene rings is 1. The highest BCUT2D eigenvalue weighted by Crippen LogP contribution is 2.28. The molecule has 4 aromatic rings. The smallest absolute Gasteiger partial charge is 0.107 e. The van der Waals surface area contributed by atoms with E-state index in [-0.39, 0.29) is 0 Å². The van der Waals surface area contributed by atoms with Gasteiger partial charge in [-0.3, -0.25) is 4.90 Å². The number of rotatable bonds is 8. The Hall–Kier alpha value is -2.77. The van der Waals surface area contributed by atoms with Crippen molar-refractivity contribution in [1.82, 2.24) is 20.0 Å². The zero-order valence-corrected chi connectivity index (χ0v) is 18.9. The summed E-state index contributed by atoms with van der Waals surface area (Å²) in [6.45, 7) is 6.25. The molecule has 2 aromatic carbocycles. The van der Waals surface area contributed by atoms with Crippen LogP contribution in [0, 0.1) is 0 Å². The molecule has 0 unspecified atom stereocenters. The second-order valence-corrected chi connectivity index (χ2v) is 8.97. The van der Waals surface area contributed by atoms with E-state index in [9.17, 15) is 0 Å². The van der Waals surface area contributed by atoms with E-state index in [1.807, 2.05) is 22.9 Å². The summed E-state index contributed by atoms with van der Waals surface area (Å²) >= 11 is 1.73. The molecule has 2 aromatic heterocycles. The van der Waals surface area contributed by atoms with E-state index in [0.717, 1.165) is 57.3 Å². The van der Waals surface area contributed by atoms with Crippen LogP contribution in [0.3, 0.4) is 0 Å². The highest BCUT2D eigenvalue weighted by atomic mass is 32.1. The van der Waals surface area contributed by atoms with Crippen molar-refractivity contribution in [3.05, 3.63) is 95.0 Å². The third kappa shape index (κ3) is 5.00. The molecule has 1 saturated heterocycles. The number of morpholine rings is 1. The van der Waals surface area contributed by atoms with Crippen molar-refractivity contribution < 1.29 is 4.74 Å². The quantitative estimate of drug-likeness (QED) is 0.427. The zero-order chi connectivity index (χ0) is 21.6. The van der Waals surface area contributed by atoms with Gasteiger partial charge in [-0.25, -0.2) is 4.68 Å². The van der Waals surface area contributed by atoms with Gasteiger partial charge in [0, 0.05) is 44.5 Å². The molecular weight excluding hydrogens is 416 g/mol. The molecule has 0 atom stereocenters. The summed E-state index contributed by atoms with van der Waals surface area (Å²) in [6, 6.07) is 23.3. The summed E-state index contributed by atoms with van der Waals surface area (Å²) in [6.07, 6.45) is 2.15. The third-order valence-electron chi connectivity index (χ3n) is 5.81. The number of benzene rings is 2. The number of ether oxygens (including phenoxy) is 1. The highest BCUT2D eigenvalue weighted by Gasteiger charge is 2.15. The first-order chi connectivity index (χ1) is 15.9. The minimum atomic E-state index is 0.770. The maximum absolute atomic E-state index is 5.50. The normalized spacial score (nSPS) is 14.6. The standard InChI is InChI=1S/C26H28N4OS/c1-2-9-24(10-3-1)30-20-23(26(28-30)25-11-6-16-32-25)18-27-17-21-7-4-5-8-22(21)19-29-12-14-31-15-13-29/h1-11,16,20,27H,12-15,17-19H2. The fourth-order valence-electron chi connectivity index (χ4n) is 4.09. The number of nitrogens with one attached hydrogen (secondary N) is 1. The van der Waals surface area contributed by atoms with Crippen LogP contribution >= 0.6 is 11.3 Å². The van der Waals surface area contributed by atoms with Crippen LogP contribution in [0.15, 0.2) is 78.3 Å². The van der Waals surface area contributed by atoms with Crippen LogP contribution < -0.4 is 5.32 Å². The van der Waals surface area contributed by atoms with E-state index >= 15 is 0 Å². The van der Waals surface area contributed by atoms with Crippen molar-refractivity contribution in [3.8, 4) is 16.3 Å². The Bertz CT molecular complexity index is 1120. The number of hydrogen-bond donors (Lipinski definition) is 1. The van der Waals surface area contributed by atoms with Crippen LogP contribution in [0.1, 0.15) is 16.7 Å². The van der Waals surface area contributed by atoms with Gasteiger partial charge in [-0.05, 0) is 34.7 Å². The van der Waals surface area contributed by atoms with E-state index in [0.29, 0.717) is 0 Å². The van der Waals surface area contributed by atoms with Gasteiger partial charge < -0.3 is 10.1 Å². The average molecular weight is 445 g/mol. The molecule has 0 radical (unpaired) electrons. The number of hydrogen-bond acceptors (Lipinski definition) is 5. The Labute approximate surface area is 193 Å². The SMILES string of the molecule is c1ccc(-n2cc(CNCc3ccccc3CN3CCOCC3)c(-c3cccs3)n2)cc1. The molecule has 1 aliphatic rings. The second kappa shape index (κ2) is 10.2. The van der Waals surface area contributed by atoms with E-state index in [2.05, 4.69) is 70.3 Å². The monoisotopic (exact) mass is 444 g/mol. The molecule has 0 aliphatic carbocycles. The minimum absolute atomic E-state index is 0.770. The molecule has 1 aliphatic heterocycles. The first-order valence-corrected chi connectivity index (χ1v) is 12.0.